The van der Waals surface area contributed by atoms with E-state index in [1.807, 2.05) is 19.1 Å². The molecule has 0 amide bonds. The van der Waals surface area contributed by atoms with Gasteiger partial charge in [0.25, 0.3) is 0 Å². The first kappa shape index (κ1) is 8.96. The highest BCUT2D eigenvalue weighted by molar-refractivity contribution is 5.77. The van der Waals surface area contributed by atoms with E-state index in [0.29, 0.717) is 11.5 Å². The van der Waals surface area contributed by atoms with Gasteiger partial charge in [-0.25, -0.2) is 9.97 Å². The molecular formula is C11H10N4O. The van der Waals surface area contributed by atoms with E-state index in [1.54, 1.807) is 12.3 Å². The maximum atomic E-state index is 5.59. The van der Waals surface area contributed by atoms with E-state index in [1.165, 1.54) is 0 Å². The van der Waals surface area contributed by atoms with Crippen molar-refractivity contribution >= 4 is 17.0 Å². The number of aromatic nitrogens is 3. The number of nitrogen functional groups attached to an aromatic ring is 1. The van der Waals surface area contributed by atoms with Crippen LogP contribution in [0.25, 0.3) is 22.6 Å². The average molecular weight is 214 g/mol. The number of aryl methyl sites for hydroxylation is 1. The zero-order valence-corrected chi connectivity index (χ0v) is 8.69. The minimum Gasteiger partial charge on any atom is -0.469 e. The molecule has 5 heteroatoms. The van der Waals surface area contributed by atoms with Gasteiger partial charge in [0.15, 0.2) is 5.65 Å². The van der Waals surface area contributed by atoms with Crippen LogP contribution in [-0.4, -0.2) is 15.0 Å². The molecule has 0 radical (unpaired) electrons. The van der Waals surface area contributed by atoms with Crippen LogP contribution in [0, 0.1) is 6.92 Å². The molecule has 0 spiro atoms. The van der Waals surface area contributed by atoms with Gasteiger partial charge in [0.1, 0.15) is 23.7 Å². The molecular weight excluding hydrogens is 204 g/mol. The second-order valence-electron chi connectivity index (χ2n) is 3.64. The van der Waals surface area contributed by atoms with Crippen molar-refractivity contribution < 1.29 is 4.42 Å². The Balaban J connectivity index is 2.18. The summed E-state index contributed by atoms with van der Waals surface area (Å²) >= 11 is 0. The predicted octanol–water partition coefficient (Wildman–Crippen LogP) is 2.11. The summed E-state index contributed by atoms with van der Waals surface area (Å²) in [4.78, 5) is 11.6. The van der Waals surface area contributed by atoms with E-state index in [0.717, 1.165) is 22.7 Å². The number of imidazole rings is 1. The third kappa shape index (κ3) is 1.33. The Morgan fingerprint density at radius 2 is 2.19 bits per heavy atom. The second-order valence-corrected chi connectivity index (χ2v) is 3.64. The summed E-state index contributed by atoms with van der Waals surface area (Å²) in [5.74, 6) is 2.06. The van der Waals surface area contributed by atoms with Crippen molar-refractivity contribution in [1.82, 2.24) is 15.0 Å². The maximum Gasteiger partial charge on any atom is 0.180 e. The van der Waals surface area contributed by atoms with Crippen LogP contribution in [0.4, 0.5) is 5.82 Å². The molecule has 0 unspecified atom stereocenters. The van der Waals surface area contributed by atoms with Gasteiger partial charge in [-0.2, -0.15) is 0 Å². The van der Waals surface area contributed by atoms with Crippen molar-refractivity contribution in [2.24, 2.45) is 0 Å². The van der Waals surface area contributed by atoms with Gasteiger partial charge in [-0.05, 0) is 25.1 Å². The molecule has 0 aliphatic carbocycles. The Bertz CT molecular complexity index is 653. The molecule has 5 nitrogen and oxygen atoms in total. The third-order valence-electron chi connectivity index (χ3n) is 2.37. The first-order chi connectivity index (χ1) is 7.72. The fourth-order valence-electron chi connectivity index (χ4n) is 1.61. The largest absolute Gasteiger partial charge is 0.469 e. The van der Waals surface area contributed by atoms with Gasteiger partial charge in [-0.1, -0.05) is 0 Å². The number of rotatable bonds is 1. The molecule has 3 N–H and O–H groups in total. The zero-order chi connectivity index (χ0) is 11.1. The van der Waals surface area contributed by atoms with Crippen LogP contribution in [0.5, 0.6) is 0 Å². The summed E-state index contributed by atoms with van der Waals surface area (Å²) in [5.41, 5.74) is 7.99. The number of nitrogens with two attached hydrogens (primary N) is 1. The van der Waals surface area contributed by atoms with Crippen molar-refractivity contribution in [3.8, 4) is 11.4 Å². The monoisotopic (exact) mass is 214 g/mol. The third-order valence-corrected chi connectivity index (χ3v) is 2.37. The summed E-state index contributed by atoms with van der Waals surface area (Å²) in [6.07, 6.45) is 1.66. The Hall–Kier alpha value is -2.30. The van der Waals surface area contributed by atoms with Crippen LogP contribution in [0.3, 0.4) is 0 Å². The number of pyridine rings is 1. The molecule has 16 heavy (non-hydrogen) atoms. The van der Waals surface area contributed by atoms with Crippen LogP contribution >= 0.6 is 0 Å². The number of fused-ring (bicyclic) bond motifs is 1. The minimum absolute atomic E-state index is 0.467. The van der Waals surface area contributed by atoms with Crippen molar-refractivity contribution in [1.29, 1.82) is 0 Å². The van der Waals surface area contributed by atoms with E-state index >= 15 is 0 Å². The average Bonchev–Trinajstić information content (AvgIpc) is 2.83. The first-order valence-electron chi connectivity index (χ1n) is 4.90. The molecule has 0 saturated heterocycles. The number of hydrogen-bond donors (Lipinski definition) is 2. The molecule has 0 aromatic carbocycles. The molecule has 0 fully saturated rings. The number of aromatic amines is 1. The number of nitrogens with one attached hydrogen (secondary N) is 1. The summed E-state index contributed by atoms with van der Waals surface area (Å²) < 4.78 is 5.23. The molecule has 0 atom stereocenters. The molecule has 3 heterocycles. The summed E-state index contributed by atoms with van der Waals surface area (Å²) in [7, 11) is 0. The fourth-order valence-corrected chi connectivity index (χ4v) is 1.61. The molecule has 0 aliphatic rings. The van der Waals surface area contributed by atoms with Gasteiger partial charge >= 0.3 is 0 Å². The summed E-state index contributed by atoms with van der Waals surface area (Å²) in [5, 5.41) is 0. The SMILES string of the molecule is Cc1cc(-c2nc3nc(N)ccc3[nH]2)co1. The molecule has 3 aromatic heterocycles. The number of nitrogens with zero attached hydrogens (tertiary/aromatic N) is 2. The van der Waals surface area contributed by atoms with E-state index in [-0.39, 0.29) is 0 Å². The van der Waals surface area contributed by atoms with E-state index in [2.05, 4.69) is 15.0 Å². The summed E-state index contributed by atoms with van der Waals surface area (Å²) in [6.45, 7) is 1.89. The van der Waals surface area contributed by atoms with Crippen LogP contribution in [0.15, 0.2) is 28.9 Å². The van der Waals surface area contributed by atoms with E-state index < -0.39 is 0 Å². The molecule has 0 bridgehead atoms. The molecule has 0 aliphatic heterocycles. The van der Waals surface area contributed by atoms with Crippen LogP contribution < -0.4 is 5.73 Å². The Kier molecular flexibility index (Phi) is 1.73. The normalized spacial score (nSPS) is 11.1. The highest BCUT2D eigenvalue weighted by Crippen LogP contribution is 2.21. The second kappa shape index (κ2) is 3.10. The Morgan fingerprint density at radius 3 is 2.94 bits per heavy atom. The minimum atomic E-state index is 0.467. The van der Waals surface area contributed by atoms with E-state index in [9.17, 15) is 0 Å². The number of anilines is 1. The number of furan rings is 1. The Labute approximate surface area is 91.3 Å². The smallest absolute Gasteiger partial charge is 0.180 e. The quantitative estimate of drug-likeness (QED) is 0.650. The zero-order valence-electron chi connectivity index (χ0n) is 8.69. The topological polar surface area (TPSA) is 80.7 Å². The van der Waals surface area contributed by atoms with Gasteiger partial charge in [0.05, 0.1) is 11.1 Å². The van der Waals surface area contributed by atoms with Crippen LogP contribution in [0.1, 0.15) is 5.76 Å². The standard InChI is InChI=1S/C11H10N4O/c1-6-4-7(5-16-6)10-13-8-2-3-9(12)14-11(8)15-10/h2-5H,1H3,(H3,12,13,14,15). The first-order valence-corrected chi connectivity index (χ1v) is 4.90. The van der Waals surface area contributed by atoms with Crippen molar-refractivity contribution in [2.75, 3.05) is 5.73 Å². The lowest BCUT2D eigenvalue weighted by molar-refractivity contribution is 0.535. The lowest BCUT2D eigenvalue weighted by Crippen LogP contribution is -1.88. The molecule has 3 aromatic rings. The highest BCUT2D eigenvalue weighted by Gasteiger charge is 2.08. The van der Waals surface area contributed by atoms with Crippen molar-refractivity contribution in [3.05, 3.63) is 30.2 Å². The van der Waals surface area contributed by atoms with Crippen LogP contribution in [-0.2, 0) is 0 Å². The Morgan fingerprint density at radius 1 is 1.31 bits per heavy atom. The van der Waals surface area contributed by atoms with Gasteiger partial charge in [0.2, 0.25) is 0 Å². The van der Waals surface area contributed by atoms with Gasteiger partial charge < -0.3 is 15.1 Å². The number of hydrogen-bond acceptors (Lipinski definition) is 4. The maximum absolute atomic E-state index is 5.59. The van der Waals surface area contributed by atoms with E-state index in [4.69, 9.17) is 10.2 Å². The van der Waals surface area contributed by atoms with Gasteiger partial charge in [-0.15, -0.1) is 0 Å². The van der Waals surface area contributed by atoms with Crippen LogP contribution in [0.2, 0.25) is 0 Å². The lowest BCUT2D eigenvalue weighted by Gasteiger charge is -1.88. The highest BCUT2D eigenvalue weighted by atomic mass is 16.3. The predicted molar refractivity (Wildman–Crippen MR) is 60.7 cm³/mol. The number of H-pyrrole nitrogens is 1. The fraction of sp³-hybridized carbons (Fsp3) is 0.0909. The van der Waals surface area contributed by atoms with Gasteiger partial charge in [-0.3, -0.25) is 0 Å². The molecule has 3 rings (SSSR count). The van der Waals surface area contributed by atoms with Crippen molar-refractivity contribution in [3.63, 3.8) is 0 Å². The lowest BCUT2D eigenvalue weighted by atomic mass is 10.3. The summed E-state index contributed by atoms with van der Waals surface area (Å²) in [6, 6.07) is 5.52. The molecule has 80 valence electrons. The molecule has 0 saturated carbocycles. The van der Waals surface area contributed by atoms with Crippen molar-refractivity contribution in [2.45, 2.75) is 6.92 Å². The van der Waals surface area contributed by atoms with Gasteiger partial charge in [0, 0.05) is 0 Å².